The number of carbonyl (C=O) groups is 1. The first-order valence-electron chi connectivity index (χ1n) is 7.98. The van der Waals surface area contributed by atoms with Gasteiger partial charge in [0.25, 0.3) is 5.91 Å². The average molecular weight is 430 g/mol. The van der Waals surface area contributed by atoms with E-state index in [1.54, 1.807) is 0 Å². The van der Waals surface area contributed by atoms with Crippen LogP contribution in [-0.4, -0.2) is 12.5 Å². The molecule has 1 N–H and O–H groups in total. The second kappa shape index (κ2) is 8.12. The molecule has 2 aromatic carbocycles. The summed E-state index contributed by atoms with van der Waals surface area (Å²) in [6.07, 6.45) is -4.46. The highest BCUT2D eigenvalue weighted by atomic mass is 79.9. The number of anilines is 1. The summed E-state index contributed by atoms with van der Waals surface area (Å²) in [7, 11) is 0. The van der Waals surface area contributed by atoms with Crippen molar-refractivity contribution < 1.29 is 22.7 Å². The van der Waals surface area contributed by atoms with Gasteiger partial charge in [-0.3, -0.25) is 4.79 Å². The summed E-state index contributed by atoms with van der Waals surface area (Å²) in [4.78, 5) is 12.1. The second-order valence-corrected chi connectivity index (χ2v) is 7.06. The molecule has 1 amide bonds. The Morgan fingerprint density at radius 3 is 2.54 bits per heavy atom. The number of aryl methyl sites for hydroxylation is 1. The third kappa shape index (κ3) is 5.24. The van der Waals surface area contributed by atoms with Gasteiger partial charge in [0.1, 0.15) is 5.75 Å². The number of benzene rings is 2. The molecule has 0 aliphatic carbocycles. The Morgan fingerprint density at radius 1 is 1.23 bits per heavy atom. The Hall–Kier alpha value is -2.02. The topological polar surface area (TPSA) is 38.3 Å². The van der Waals surface area contributed by atoms with E-state index in [4.69, 9.17) is 4.74 Å². The predicted octanol–water partition coefficient (Wildman–Crippen LogP) is 5.92. The molecule has 0 saturated heterocycles. The standard InChI is InChI=1S/C19H19BrF3NO2/c1-11(2)15-9-16(20)12(3)7-17(15)26-10-18(25)24-14-6-4-5-13(8-14)19(21,22)23/h4-9,11H,10H2,1-3H3,(H,24,25). The Kier molecular flexibility index (Phi) is 6.34. The molecule has 0 saturated carbocycles. The zero-order chi connectivity index (χ0) is 19.5. The lowest BCUT2D eigenvalue weighted by atomic mass is 10.0. The Balaban J connectivity index is 2.07. The van der Waals surface area contributed by atoms with Gasteiger partial charge < -0.3 is 10.1 Å². The van der Waals surface area contributed by atoms with Crippen LogP contribution in [0.3, 0.4) is 0 Å². The summed E-state index contributed by atoms with van der Waals surface area (Å²) >= 11 is 3.47. The number of halogens is 4. The van der Waals surface area contributed by atoms with Crippen LogP contribution >= 0.6 is 15.9 Å². The van der Waals surface area contributed by atoms with E-state index < -0.39 is 17.6 Å². The van der Waals surface area contributed by atoms with E-state index in [-0.39, 0.29) is 18.2 Å². The number of carbonyl (C=O) groups excluding carboxylic acids is 1. The van der Waals surface area contributed by atoms with E-state index in [1.807, 2.05) is 32.9 Å². The van der Waals surface area contributed by atoms with E-state index in [2.05, 4.69) is 21.2 Å². The zero-order valence-corrected chi connectivity index (χ0v) is 16.2. The van der Waals surface area contributed by atoms with Crippen LogP contribution in [0.4, 0.5) is 18.9 Å². The van der Waals surface area contributed by atoms with E-state index in [0.717, 1.165) is 27.7 Å². The second-order valence-electron chi connectivity index (χ2n) is 6.21. The van der Waals surface area contributed by atoms with Gasteiger partial charge in [-0.1, -0.05) is 35.8 Å². The molecule has 0 spiro atoms. The van der Waals surface area contributed by atoms with Gasteiger partial charge >= 0.3 is 6.18 Å². The highest BCUT2D eigenvalue weighted by Crippen LogP contribution is 2.32. The number of amides is 1. The van der Waals surface area contributed by atoms with Gasteiger partial charge in [0, 0.05) is 10.2 Å². The first-order chi connectivity index (χ1) is 12.1. The Morgan fingerprint density at radius 2 is 1.92 bits per heavy atom. The van der Waals surface area contributed by atoms with Gasteiger partial charge in [0.15, 0.2) is 6.61 Å². The minimum absolute atomic E-state index is 0.0736. The van der Waals surface area contributed by atoms with Crippen molar-refractivity contribution in [3.05, 3.63) is 57.6 Å². The zero-order valence-electron chi connectivity index (χ0n) is 14.6. The van der Waals surface area contributed by atoms with E-state index in [1.165, 1.54) is 12.1 Å². The summed E-state index contributed by atoms with van der Waals surface area (Å²) in [6.45, 7) is 5.63. The molecule has 0 aliphatic heterocycles. The van der Waals surface area contributed by atoms with Crippen molar-refractivity contribution >= 4 is 27.5 Å². The summed E-state index contributed by atoms with van der Waals surface area (Å²) in [5, 5.41) is 2.43. The smallest absolute Gasteiger partial charge is 0.416 e. The van der Waals surface area contributed by atoms with Crippen molar-refractivity contribution in [2.75, 3.05) is 11.9 Å². The van der Waals surface area contributed by atoms with Crippen molar-refractivity contribution in [3.63, 3.8) is 0 Å². The van der Waals surface area contributed by atoms with Crippen molar-refractivity contribution in [1.82, 2.24) is 0 Å². The minimum Gasteiger partial charge on any atom is -0.483 e. The molecule has 0 aromatic heterocycles. The average Bonchev–Trinajstić information content (AvgIpc) is 2.54. The predicted molar refractivity (Wildman–Crippen MR) is 98.5 cm³/mol. The van der Waals surface area contributed by atoms with Crippen LogP contribution in [0.5, 0.6) is 5.75 Å². The van der Waals surface area contributed by atoms with Gasteiger partial charge in [-0.25, -0.2) is 0 Å². The van der Waals surface area contributed by atoms with Crippen LogP contribution in [-0.2, 0) is 11.0 Å². The largest absolute Gasteiger partial charge is 0.483 e. The summed E-state index contributed by atoms with van der Waals surface area (Å²) < 4.78 is 44.7. The SMILES string of the molecule is Cc1cc(OCC(=O)Nc2cccc(C(F)(F)F)c2)c(C(C)C)cc1Br. The lowest BCUT2D eigenvalue weighted by Gasteiger charge is -2.16. The molecule has 0 fully saturated rings. The van der Waals surface area contributed by atoms with Gasteiger partial charge in [0.05, 0.1) is 5.56 Å². The van der Waals surface area contributed by atoms with Crippen molar-refractivity contribution in [1.29, 1.82) is 0 Å². The lowest BCUT2D eigenvalue weighted by Crippen LogP contribution is -2.21. The maximum atomic E-state index is 12.7. The number of alkyl halides is 3. The molecule has 2 aromatic rings. The number of hydrogen-bond acceptors (Lipinski definition) is 2. The molecule has 7 heteroatoms. The fourth-order valence-corrected chi connectivity index (χ4v) is 2.72. The highest BCUT2D eigenvalue weighted by Gasteiger charge is 2.30. The van der Waals surface area contributed by atoms with Crippen molar-refractivity contribution in [2.45, 2.75) is 32.9 Å². The minimum atomic E-state index is -4.46. The maximum Gasteiger partial charge on any atom is 0.416 e. The number of rotatable bonds is 5. The number of nitrogens with one attached hydrogen (secondary N) is 1. The lowest BCUT2D eigenvalue weighted by molar-refractivity contribution is -0.137. The van der Waals surface area contributed by atoms with Gasteiger partial charge in [0.2, 0.25) is 0 Å². The Bertz CT molecular complexity index is 804. The first kappa shape index (κ1) is 20.3. The molecule has 0 unspecified atom stereocenters. The van der Waals surface area contributed by atoms with Crippen LogP contribution in [0.15, 0.2) is 40.9 Å². The molecule has 3 nitrogen and oxygen atoms in total. The fourth-order valence-electron chi connectivity index (χ4n) is 2.36. The normalized spacial score (nSPS) is 11.5. The van der Waals surface area contributed by atoms with Gasteiger partial charge in [-0.2, -0.15) is 13.2 Å². The van der Waals surface area contributed by atoms with Gasteiger partial charge in [-0.05, 0) is 54.3 Å². The number of ether oxygens (including phenoxy) is 1. The van der Waals surface area contributed by atoms with E-state index in [0.29, 0.717) is 5.75 Å². The van der Waals surface area contributed by atoms with E-state index >= 15 is 0 Å². The van der Waals surface area contributed by atoms with Crippen molar-refractivity contribution in [3.8, 4) is 5.75 Å². The fraction of sp³-hybridized carbons (Fsp3) is 0.316. The third-order valence-corrected chi connectivity index (χ3v) is 4.60. The molecule has 0 heterocycles. The van der Waals surface area contributed by atoms with Crippen LogP contribution in [0.25, 0.3) is 0 Å². The molecule has 0 aliphatic rings. The van der Waals surface area contributed by atoms with Crippen LogP contribution in [0, 0.1) is 6.92 Å². The summed E-state index contributed by atoms with van der Waals surface area (Å²) in [6, 6.07) is 8.26. The molecular weight excluding hydrogens is 411 g/mol. The molecule has 0 radical (unpaired) electrons. The molecular formula is C19H19BrF3NO2. The van der Waals surface area contributed by atoms with Crippen molar-refractivity contribution in [2.24, 2.45) is 0 Å². The van der Waals surface area contributed by atoms with E-state index in [9.17, 15) is 18.0 Å². The molecule has 2 rings (SSSR count). The monoisotopic (exact) mass is 429 g/mol. The third-order valence-electron chi connectivity index (χ3n) is 3.75. The molecule has 0 atom stereocenters. The number of hydrogen-bond donors (Lipinski definition) is 1. The molecule has 26 heavy (non-hydrogen) atoms. The molecule has 140 valence electrons. The Labute approximate surface area is 158 Å². The van der Waals surface area contributed by atoms with Crippen LogP contribution in [0.2, 0.25) is 0 Å². The molecule has 0 bridgehead atoms. The maximum absolute atomic E-state index is 12.7. The van der Waals surface area contributed by atoms with Crippen LogP contribution < -0.4 is 10.1 Å². The van der Waals surface area contributed by atoms with Crippen LogP contribution in [0.1, 0.15) is 36.5 Å². The quantitative estimate of drug-likeness (QED) is 0.640. The van der Waals surface area contributed by atoms with Gasteiger partial charge in [-0.15, -0.1) is 0 Å². The summed E-state index contributed by atoms with van der Waals surface area (Å²) in [5.41, 5.74) is 1.16. The summed E-state index contributed by atoms with van der Waals surface area (Å²) in [5.74, 6) is 0.243. The first-order valence-corrected chi connectivity index (χ1v) is 8.77. The highest BCUT2D eigenvalue weighted by molar-refractivity contribution is 9.10.